The van der Waals surface area contributed by atoms with Crippen molar-refractivity contribution in [3.05, 3.63) is 35.6 Å². The first kappa shape index (κ1) is 11.7. The van der Waals surface area contributed by atoms with Gasteiger partial charge in [-0.05, 0) is 19.9 Å². The summed E-state index contributed by atoms with van der Waals surface area (Å²) >= 11 is 0. The molecule has 1 aromatic rings. The van der Waals surface area contributed by atoms with E-state index in [1.165, 1.54) is 13.0 Å². The highest BCUT2D eigenvalue weighted by atomic mass is 19.1. The zero-order valence-electron chi connectivity index (χ0n) is 8.70. The van der Waals surface area contributed by atoms with Gasteiger partial charge < -0.3 is 5.11 Å². The molecule has 15 heavy (non-hydrogen) atoms. The van der Waals surface area contributed by atoms with Gasteiger partial charge in [0.15, 0.2) is 0 Å². The number of carboxylic acid groups (broad SMARTS) is 1. The molecule has 0 aromatic heterocycles. The van der Waals surface area contributed by atoms with Crippen molar-refractivity contribution in [3.8, 4) is 0 Å². The third-order valence-corrected chi connectivity index (χ3v) is 2.24. The van der Waals surface area contributed by atoms with Crippen LogP contribution in [0.3, 0.4) is 0 Å². The average molecular weight is 211 g/mol. The molecule has 0 saturated heterocycles. The maximum atomic E-state index is 13.3. The summed E-state index contributed by atoms with van der Waals surface area (Å²) in [4.78, 5) is 10.6. The van der Waals surface area contributed by atoms with Gasteiger partial charge in [-0.15, -0.1) is 0 Å². The molecule has 1 rings (SSSR count). The molecule has 82 valence electrons. The van der Waals surface area contributed by atoms with Gasteiger partial charge in [-0.2, -0.15) is 0 Å². The molecule has 2 N–H and O–H groups in total. The molecular formula is C11H14FNO2. The lowest BCUT2D eigenvalue weighted by Gasteiger charge is -2.17. The Morgan fingerprint density at radius 3 is 2.53 bits per heavy atom. The first-order chi connectivity index (χ1) is 7.02. The summed E-state index contributed by atoms with van der Waals surface area (Å²) in [6, 6.07) is 5.31. The molecule has 1 aromatic carbocycles. The molecule has 0 fully saturated rings. The van der Waals surface area contributed by atoms with E-state index in [-0.39, 0.29) is 11.9 Å². The lowest BCUT2D eigenvalue weighted by atomic mass is 10.1. The highest BCUT2D eigenvalue weighted by Gasteiger charge is 2.16. The zero-order chi connectivity index (χ0) is 11.4. The molecule has 0 radical (unpaired) electrons. The van der Waals surface area contributed by atoms with Gasteiger partial charge in [0.2, 0.25) is 0 Å². The third-order valence-electron chi connectivity index (χ3n) is 2.24. The first-order valence-electron chi connectivity index (χ1n) is 4.75. The molecule has 1 unspecified atom stereocenters. The van der Waals surface area contributed by atoms with E-state index in [1.807, 2.05) is 0 Å². The fraction of sp³-hybridized carbons (Fsp3) is 0.364. The fourth-order valence-electron chi connectivity index (χ4n) is 1.36. The topological polar surface area (TPSA) is 49.3 Å². The van der Waals surface area contributed by atoms with E-state index in [9.17, 15) is 9.18 Å². The van der Waals surface area contributed by atoms with Crippen LogP contribution in [0.15, 0.2) is 24.3 Å². The van der Waals surface area contributed by atoms with Crippen LogP contribution in [0.2, 0.25) is 0 Å². The molecule has 0 spiro atoms. The number of halogens is 1. The standard InChI is InChI=1S/C11H14FNO2/c1-7(13-8(2)11(14)15)9-5-3-4-6-10(9)12/h3-8,13H,1-2H3,(H,14,15)/t7-,8?/m1/s1. The van der Waals surface area contributed by atoms with Crippen LogP contribution in [0.4, 0.5) is 4.39 Å². The lowest BCUT2D eigenvalue weighted by Crippen LogP contribution is -2.35. The van der Waals surface area contributed by atoms with Gasteiger partial charge in [0.05, 0.1) is 0 Å². The Morgan fingerprint density at radius 2 is 2.00 bits per heavy atom. The minimum atomic E-state index is -0.946. The molecule has 0 heterocycles. The van der Waals surface area contributed by atoms with Crippen molar-refractivity contribution in [3.63, 3.8) is 0 Å². The van der Waals surface area contributed by atoms with Crippen LogP contribution in [0, 0.1) is 5.82 Å². The number of rotatable bonds is 4. The van der Waals surface area contributed by atoms with Crippen molar-refractivity contribution in [1.82, 2.24) is 5.32 Å². The second-order valence-electron chi connectivity index (χ2n) is 3.47. The molecule has 0 amide bonds. The molecule has 0 aliphatic heterocycles. The monoisotopic (exact) mass is 211 g/mol. The summed E-state index contributed by atoms with van der Waals surface area (Å²) in [6.07, 6.45) is 0. The van der Waals surface area contributed by atoms with Crippen LogP contribution in [0.1, 0.15) is 25.5 Å². The second-order valence-corrected chi connectivity index (χ2v) is 3.47. The normalized spacial score (nSPS) is 14.6. The molecule has 2 atom stereocenters. The van der Waals surface area contributed by atoms with Crippen LogP contribution in [0.25, 0.3) is 0 Å². The summed E-state index contributed by atoms with van der Waals surface area (Å²) in [5.41, 5.74) is 0.477. The number of nitrogens with one attached hydrogen (secondary N) is 1. The maximum absolute atomic E-state index is 13.3. The van der Waals surface area contributed by atoms with Gasteiger partial charge in [-0.25, -0.2) is 4.39 Å². The van der Waals surface area contributed by atoms with Crippen molar-refractivity contribution in [2.24, 2.45) is 0 Å². The number of aliphatic carboxylic acids is 1. The van der Waals surface area contributed by atoms with E-state index in [0.29, 0.717) is 5.56 Å². The maximum Gasteiger partial charge on any atom is 0.320 e. The summed E-state index contributed by atoms with van der Waals surface area (Å²) in [5.74, 6) is -1.27. The van der Waals surface area contributed by atoms with Gasteiger partial charge in [-0.3, -0.25) is 10.1 Å². The molecule has 0 bridgehead atoms. The van der Waals surface area contributed by atoms with E-state index in [2.05, 4.69) is 5.32 Å². The molecular weight excluding hydrogens is 197 g/mol. The predicted octanol–water partition coefficient (Wildman–Crippen LogP) is 1.95. The van der Waals surface area contributed by atoms with Gasteiger partial charge in [0, 0.05) is 11.6 Å². The van der Waals surface area contributed by atoms with Gasteiger partial charge in [0.1, 0.15) is 11.9 Å². The first-order valence-corrected chi connectivity index (χ1v) is 4.75. The third kappa shape index (κ3) is 3.02. The predicted molar refractivity (Wildman–Crippen MR) is 55.0 cm³/mol. The number of benzene rings is 1. The van der Waals surface area contributed by atoms with E-state index in [4.69, 9.17) is 5.11 Å². The Labute approximate surface area is 87.9 Å². The average Bonchev–Trinajstić information content (AvgIpc) is 2.18. The lowest BCUT2D eigenvalue weighted by molar-refractivity contribution is -0.139. The van der Waals surface area contributed by atoms with Crippen molar-refractivity contribution in [1.29, 1.82) is 0 Å². The Kier molecular flexibility index (Phi) is 3.80. The SMILES string of the molecule is CC(N[C@H](C)c1ccccc1F)C(=O)O. The summed E-state index contributed by atoms with van der Waals surface area (Å²) in [6.45, 7) is 3.26. The van der Waals surface area contributed by atoms with Crippen molar-refractivity contribution in [2.45, 2.75) is 25.9 Å². The molecule has 4 heteroatoms. The highest BCUT2D eigenvalue weighted by Crippen LogP contribution is 2.16. The molecule has 0 aliphatic carbocycles. The van der Waals surface area contributed by atoms with Gasteiger partial charge in [0.25, 0.3) is 0 Å². The minimum Gasteiger partial charge on any atom is -0.480 e. The molecule has 0 saturated carbocycles. The summed E-state index contributed by atoms with van der Waals surface area (Å²) in [7, 11) is 0. The minimum absolute atomic E-state index is 0.322. The smallest absolute Gasteiger partial charge is 0.320 e. The second kappa shape index (κ2) is 4.89. The van der Waals surface area contributed by atoms with Crippen molar-refractivity contribution < 1.29 is 14.3 Å². The van der Waals surface area contributed by atoms with E-state index >= 15 is 0 Å². The van der Waals surface area contributed by atoms with E-state index < -0.39 is 12.0 Å². The quantitative estimate of drug-likeness (QED) is 0.800. The van der Waals surface area contributed by atoms with E-state index in [0.717, 1.165) is 0 Å². The number of hydrogen-bond donors (Lipinski definition) is 2. The van der Waals surface area contributed by atoms with Crippen LogP contribution in [-0.2, 0) is 4.79 Å². The highest BCUT2D eigenvalue weighted by molar-refractivity contribution is 5.72. The Bertz CT molecular complexity index is 354. The fourth-order valence-corrected chi connectivity index (χ4v) is 1.36. The number of hydrogen-bond acceptors (Lipinski definition) is 2. The number of carboxylic acids is 1. The Balaban J connectivity index is 2.73. The Hall–Kier alpha value is -1.42. The summed E-state index contributed by atoms with van der Waals surface area (Å²) < 4.78 is 13.3. The van der Waals surface area contributed by atoms with Crippen LogP contribution in [0.5, 0.6) is 0 Å². The summed E-state index contributed by atoms with van der Waals surface area (Å²) in [5, 5.41) is 11.5. The van der Waals surface area contributed by atoms with Gasteiger partial charge >= 0.3 is 5.97 Å². The number of carbonyl (C=O) groups is 1. The molecule has 0 aliphatic rings. The van der Waals surface area contributed by atoms with E-state index in [1.54, 1.807) is 25.1 Å². The Morgan fingerprint density at radius 1 is 1.40 bits per heavy atom. The largest absolute Gasteiger partial charge is 0.480 e. The molecule has 3 nitrogen and oxygen atoms in total. The van der Waals surface area contributed by atoms with Crippen molar-refractivity contribution >= 4 is 5.97 Å². The van der Waals surface area contributed by atoms with Crippen LogP contribution < -0.4 is 5.32 Å². The van der Waals surface area contributed by atoms with Crippen molar-refractivity contribution in [2.75, 3.05) is 0 Å². The van der Waals surface area contributed by atoms with Crippen LogP contribution in [-0.4, -0.2) is 17.1 Å². The van der Waals surface area contributed by atoms with Gasteiger partial charge in [-0.1, -0.05) is 18.2 Å². The van der Waals surface area contributed by atoms with Crippen LogP contribution >= 0.6 is 0 Å². The zero-order valence-corrected chi connectivity index (χ0v) is 8.70.